The molecule has 0 spiro atoms. The second kappa shape index (κ2) is 8.52. The molecule has 80 valence electrons. The molecule has 1 N–H and O–H groups in total. The monoisotopic (exact) mass is 186 g/mol. The molecular formula is C11H26N2. The van der Waals surface area contributed by atoms with Crippen LogP contribution in [-0.2, 0) is 0 Å². The molecule has 0 aromatic heterocycles. The van der Waals surface area contributed by atoms with E-state index in [1.54, 1.807) is 0 Å². The highest BCUT2D eigenvalue weighted by Gasteiger charge is 2.11. The van der Waals surface area contributed by atoms with Gasteiger partial charge in [0, 0.05) is 32.7 Å². The highest BCUT2D eigenvalue weighted by molar-refractivity contribution is 4.69. The molecule has 1 fully saturated rings. The zero-order valence-corrected chi connectivity index (χ0v) is 9.77. The summed E-state index contributed by atoms with van der Waals surface area (Å²) in [6.45, 7) is 14.7. The van der Waals surface area contributed by atoms with Gasteiger partial charge in [0.2, 0.25) is 0 Å². The van der Waals surface area contributed by atoms with Gasteiger partial charge in [-0.05, 0) is 5.92 Å². The lowest BCUT2D eigenvalue weighted by molar-refractivity contribution is 0.209. The van der Waals surface area contributed by atoms with Gasteiger partial charge in [-0.3, -0.25) is 0 Å². The van der Waals surface area contributed by atoms with Crippen molar-refractivity contribution in [2.45, 2.75) is 34.1 Å². The second-order valence-electron chi connectivity index (χ2n) is 3.56. The molecule has 1 heterocycles. The van der Waals surface area contributed by atoms with E-state index in [2.05, 4.69) is 24.1 Å². The van der Waals surface area contributed by atoms with Crippen molar-refractivity contribution >= 4 is 0 Å². The van der Waals surface area contributed by atoms with Crippen LogP contribution in [0.4, 0.5) is 0 Å². The average Bonchev–Trinajstić information content (AvgIpc) is 2.22. The second-order valence-corrected chi connectivity index (χ2v) is 3.56. The van der Waals surface area contributed by atoms with Crippen molar-refractivity contribution < 1.29 is 0 Å². The molecule has 0 aromatic rings. The van der Waals surface area contributed by atoms with E-state index in [4.69, 9.17) is 0 Å². The molecule has 1 unspecified atom stereocenters. The highest BCUT2D eigenvalue weighted by Crippen LogP contribution is 2.04. The molecule has 1 aliphatic heterocycles. The minimum absolute atomic E-state index is 0.869. The van der Waals surface area contributed by atoms with Crippen molar-refractivity contribution in [2.24, 2.45) is 5.92 Å². The first-order chi connectivity index (χ1) is 6.33. The van der Waals surface area contributed by atoms with Gasteiger partial charge < -0.3 is 10.2 Å². The molecule has 0 saturated carbocycles. The van der Waals surface area contributed by atoms with Crippen LogP contribution in [0.2, 0.25) is 0 Å². The number of hydrogen-bond acceptors (Lipinski definition) is 2. The van der Waals surface area contributed by atoms with Gasteiger partial charge in [0.15, 0.2) is 0 Å². The first kappa shape index (κ1) is 12.9. The summed E-state index contributed by atoms with van der Waals surface area (Å²) in [5.41, 5.74) is 0. The summed E-state index contributed by atoms with van der Waals surface area (Å²) < 4.78 is 0. The number of nitrogens with one attached hydrogen (secondary N) is 1. The van der Waals surface area contributed by atoms with Crippen LogP contribution < -0.4 is 5.32 Å². The van der Waals surface area contributed by atoms with Crippen LogP contribution in [0.3, 0.4) is 0 Å². The number of rotatable bonds is 3. The van der Waals surface area contributed by atoms with Crippen molar-refractivity contribution in [3.63, 3.8) is 0 Å². The molecule has 0 radical (unpaired) electrons. The van der Waals surface area contributed by atoms with Crippen LogP contribution in [0.1, 0.15) is 34.1 Å². The number of piperazine rings is 1. The third kappa shape index (κ3) is 6.05. The Labute approximate surface area is 83.7 Å². The van der Waals surface area contributed by atoms with E-state index >= 15 is 0 Å². The third-order valence-corrected chi connectivity index (χ3v) is 2.48. The summed E-state index contributed by atoms with van der Waals surface area (Å²) in [5, 5.41) is 3.36. The summed E-state index contributed by atoms with van der Waals surface area (Å²) in [7, 11) is 0. The van der Waals surface area contributed by atoms with Crippen molar-refractivity contribution in [3.05, 3.63) is 0 Å². The Morgan fingerprint density at radius 2 is 1.77 bits per heavy atom. The van der Waals surface area contributed by atoms with E-state index < -0.39 is 0 Å². The van der Waals surface area contributed by atoms with Crippen LogP contribution in [0.25, 0.3) is 0 Å². The summed E-state index contributed by atoms with van der Waals surface area (Å²) >= 11 is 0. The minimum atomic E-state index is 0.869. The van der Waals surface area contributed by atoms with E-state index in [1.807, 2.05) is 13.8 Å². The van der Waals surface area contributed by atoms with E-state index in [0.717, 1.165) is 5.92 Å². The summed E-state index contributed by atoms with van der Waals surface area (Å²) in [6, 6.07) is 0. The lowest BCUT2D eigenvalue weighted by atomic mass is 10.1. The molecule has 1 aliphatic rings. The Hall–Kier alpha value is -0.0800. The molecule has 0 bridgehead atoms. The Morgan fingerprint density at radius 3 is 2.23 bits per heavy atom. The Bertz CT molecular complexity index is 98.3. The molecule has 13 heavy (non-hydrogen) atoms. The fraction of sp³-hybridized carbons (Fsp3) is 1.00. The molecule has 2 heteroatoms. The quantitative estimate of drug-likeness (QED) is 0.725. The fourth-order valence-electron chi connectivity index (χ4n) is 1.46. The SMILES string of the molecule is CC.CCC(C)CN1CCNCC1. The Morgan fingerprint density at radius 1 is 1.23 bits per heavy atom. The molecule has 0 amide bonds. The largest absolute Gasteiger partial charge is 0.314 e. The molecule has 1 saturated heterocycles. The van der Waals surface area contributed by atoms with Crippen LogP contribution in [-0.4, -0.2) is 37.6 Å². The van der Waals surface area contributed by atoms with Crippen LogP contribution >= 0.6 is 0 Å². The fourth-order valence-corrected chi connectivity index (χ4v) is 1.46. The van der Waals surface area contributed by atoms with Gasteiger partial charge in [0.1, 0.15) is 0 Å². The van der Waals surface area contributed by atoms with Crippen LogP contribution in [0.15, 0.2) is 0 Å². The van der Waals surface area contributed by atoms with Crippen molar-refractivity contribution in [1.29, 1.82) is 0 Å². The average molecular weight is 186 g/mol. The van der Waals surface area contributed by atoms with E-state index in [0.29, 0.717) is 0 Å². The maximum absolute atomic E-state index is 3.36. The van der Waals surface area contributed by atoms with Gasteiger partial charge in [0.05, 0.1) is 0 Å². The van der Waals surface area contributed by atoms with E-state index in [9.17, 15) is 0 Å². The van der Waals surface area contributed by atoms with Gasteiger partial charge in [0.25, 0.3) is 0 Å². The maximum Gasteiger partial charge on any atom is 0.0107 e. The maximum atomic E-state index is 3.36. The Kier molecular flexibility index (Phi) is 8.46. The zero-order chi connectivity index (χ0) is 10.1. The molecule has 0 aromatic carbocycles. The molecule has 2 nitrogen and oxygen atoms in total. The van der Waals surface area contributed by atoms with Gasteiger partial charge in [-0.1, -0.05) is 34.1 Å². The first-order valence-electron chi connectivity index (χ1n) is 5.76. The van der Waals surface area contributed by atoms with E-state index in [-0.39, 0.29) is 0 Å². The first-order valence-corrected chi connectivity index (χ1v) is 5.76. The smallest absolute Gasteiger partial charge is 0.0107 e. The van der Waals surface area contributed by atoms with Crippen LogP contribution in [0.5, 0.6) is 0 Å². The lowest BCUT2D eigenvalue weighted by Crippen LogP contribution is -2.44. The summed E-state index contributed by atoms with van der Waals surface area (Å²) in [5.74, 6) is 0.869. The lowest BCUT2D eigenvalue weighted by Gasteiger charge is -2.29. The summed E-state index contributed by atoms with van der Waals surface area (Å²) in [4.78, 5) is 2.56. The van der Waals surface area contributed by atoms with Crippen molar-refractivity contribution in [2.75, 3.05) is 32.7 Å². The summed E-state index contributed by atoms with van der Waals surface area (Å²) in [6.07, 6.45) is 1.31. The number of hydrogen-bond donors (Lipinski definition) is 1. The van der Waals surface area contributed by atoms with Crippen molar-refractivity contribution in [1.82, 2.24) is 10.2 Å². The predicted octanol–water partition coefficient (Wildman–Crippen LogP) is 1.96. The van der Waals surface area contributed by atoms with Gasteiger partial charge in [-0.15, -0.1) is 0 Å². The Balaban J connectivity index is 0.000000671. The number of nitrogens with zero attached hydrogens (tertiary/aromatic N) is 1. The third-order valence-electron chi connectivity index (χ3n) is 2.48. The van der Waals surface area contributed by atoms with Crippen molar-refractivity contribution in [3.8, 4) is 0 Å². The molecule has 1 atom stereocenters. The zero-order valence-electron chi connectivity index (χ0n) is 9.77. The van der Waals surface area contributed by atoms with Crippen LogP contribution in [0, 0.1) is 5.92 Å². The minimum Gasteiger partial charge on any atom is -0.314 e. The normalized spacial score (nSPS) is 20.3. The standard InChI is InChI=1S/C9H20N2.C2H6/c1-3-9(2)8-11-6-4-10-5-7-11;1-2/h9-10H,3-8H2,1-2H3;1-2H3. The van der Waals surface area contributed by atoms with Gasteiger partial charge >= 0.3 is 0 Å². The molecule has 1 rings (SSSR count). The molecular weight excluding hydrogens is 160 g/mol. The van der Waals surface area contributed by atoms with E-state index in [1.165, 1.54) is 39.1 Å². The highest BCUT2D eigenvalue weighted by atomic mass is 15.2. The predicted molar refractivity (Wildman–Crippen MR) is 60.1 cm³/mol. The van der Waals surface area contributed by atoms with Gasteiger partial charge in [-0.25, -0.2) is 0 Å². The van der Waals surface area contributed by atoms with Gasteiger partial charge in [-0.2, -0.15) is 0 Å². The topological polar surface area (TPSA) is 15.3 Å². The molecule has 0 aliphatic carbocycles.